The average Bonchev–Trinajstić information content (AvgIpc) is 2.28. The van der Waals surface area contributed by atoms with Crippen molar-refractivity contribution in [2.24, 2.45) is 5.73 Å². The fourth-order valence-electron chi connectivity index (χ4n) is 2.30. The van der Waals surface area contributed by atoms with Crippen molar-refractivity contribution in [3.8, 4) is 0 Å². The molecule has 5 heteroatoms. The quantitative estimate of drug-likeness (QED) is 0.617. The number of ether oxygens (including phenoxy) is 1. The van der Waals surface area contributed by atoms with Crippen LogP contribution < -0.4 is 5.73 Å². The SMILES string of the molecule is CC1(C)CN(Cc2cccnc2C(=N)N)CCO1. The summed E-state index contributed by atoms with van der Waals surface area (Å²) in [4.78, 5) is 6.49. The predicted octanol–water partition coefficient (Wildman–Crippen LogP) is 0.976. The molecule has 1 aliphatic rings. The Hall–Kier alpha value is -1.46. The Kier molecular flexibility index (Phi) is 3.63. The summed E-state index contributed by atoms with van der Waals surface area (Å²) in [5.74, 6) is 0.0260. The highest BCUT2D eigenvalue weighted by Gasteiger charge is 2.27. The second-order valence-electron chi connectivity index (χ2n) is 5.24. The largest absolute Gasteiger partial charge is 0.382 e. The van der Waals surface area contributed by atoms with E-state index in [9.17, 15) is 0 Å². The van der Waals surface area contributed by atoms with Gasteiger partial charge in [0.1, 0.15) is 11.5 Å². The summed E-state index contributed by atoms with van der Waals surface area (Å²) < 4.78 is 5.69. The van der Waals surface area contributed by atoms with Crippen molar-refractivity contribution < 1.29 is 4.74 Å². The number of morpholine rings is 1. The number of rotatable bonds is 3. The van der Waals surface area contributed by atoms with Crippen molar-refractivity contribution in [1.29, 1.82) is 5.41 Å². The number of nitrogens with two attached hydrogens (primary N) is 1. The van der Waals surface area contributed by atoms with Crippen molar-refractivity contribution >= 4 is 5.84 Å². The van der Waals surface area contributed by atoms with Crippen LogP contribution in [0.5, 0.6) is 0 Å². The van der Waals surface area contributed by atoms with Crippen LogP contribution in [0.3, 0.4) is 0 Å². The Morgan fingerprint density at radius 3 is 3.06 bits per heavy atom. The Balaban J connectivity index is 2.12. The number of nitrogen functional groups attached to an aromatic ring is 1. The van der Waals surface area contributed by atoms with Crippen molar-refractivity contribution in [2.45, 2.75) is 26.0 Å². The minimum absolute atomic E-state index is 0.0260. The van der Waals surface area contributed by atoms with E-state index in [4.69, 9.17) is 15.9 Å². The van der Waals surface area contributed by atoms with E-state index in [1.54, 1.807) is 6.20 Å². The van der Waals surface area contributed by atoms with E-state index in [-0.39, 0.29) is 11.4 Å². The molecule has 2 rings (SSSR count). The van der Waals surface area contributed by atoms with Gasteiger partial charge in [0, 0.05) is 25.8 Å². The second kappa shape index (κ2) is 5.04. The van der Waals surface area contributed by atoms with Gasteiger partial charge in [0.25, 0.3) is 0 Å². The van der Waals surface area contributed by atoms with Gasteiger partial charge in [-0.15, -0.1) is 0 Å². The van der Waals surface area contributed by atoms with Crippen molar-refractivity contribution in [1.82, 2.24) is 9.88 Å². The highest BCUT2D eigenvalue weighted by Crippen LogP contribution is 2.19. The fraction of sp³-hybridized carbons (Fsp3) is 0.538. The van der Waals surface area contributed by atoms with Crippen molar-refractivity contribution in [2.75, 3.05) is 19.7 Å². The average molecular weight is 248 g/mol. The Morgan fingerprint density at radius 1 is 1.61 bits per heavy atom. The molecule has 18 heavy (non-hydrogen) atoms. The number of nitrogens with zero attached hydrogens (tertiary/aromatic N) is 2. The number of amidine groups is 1. The van der Waals surface area contributed by atoms with Crippen LogP contribution in [0.4, 0.5) is 0 Å². The topological polar surface area (TPSA) is 75.2 Å². The standard InChI is InChI=1S/C13H20N4O/c1-13(2)9-17(6-7-18-13)8-10-4-3-5-16-11(10)12(14)15/h3-5H,6-9H2,1-2H3,(H3,14,15). The molecule has 1 fully saturated rings. The molecule has 2 heterocycles. The molecule has 5 nitrogen and oxygen atoms in total. The minimum atomic E-state index is -0.114. The zero-order chi connectivity index (χ0) is 13.2. The highest BCUT2D eigenvalue weighted by molar-refractivity contribution is 5.94. The normalized spacial score (nSPS) is 19.7. The Bertz CT molecular complexity index is 444. The van der Waals surface area contributed by atoms with Gasteiger partial charge in [-0.25, -0.2) is 0 Å². The maximum atomic E-state index is 7.54. The maximum absolute atomic E-state index is 7.54. The molecule has 0 atom stereocenters. The van der Waals surface area contributed by atoms with Crippen LogP contribution in [0.1, 0.15) is 25.1 Å². The number of hydrogen-bond donors (Lipinski definition) is 2. The molecule has 1 aliphatic heterocycles. The molecule has 0 aliphatic carbocycles. The summed E-state index contributed by atoms with van der Waals surface area (Å²) in [7, 11) is 0. The first-order chi connectivity index (χ1) is 8.48. The summed E-state index contributed by atoms with van der Waals surface area (Å²) in [5, 5.41) is 7.54. The number of aromatic nitrogens is 1. The molecule has 0 amide bonds. The zero-order valence-electron chi connectivity index (χ0n) is 10.9. The monoisotopic (exact) mass is 248 g/mol. The number of hydrogen-bond acceptors (Lipinski definition) is 4. The van der Waals surface area contributed by atoms with Gasteiger partial charge >= 0.3 is 0 Å². The van der Waals surface area contributed by atoms with E-state index in [0.717, 1.165) is 31.8 Å². The van der Waals surface area contributed by atoms with E-state index in [1.807, 2.05) is 12.1 Å². The lowest BCUT2D eigenvalue weighted by molar-refractivity contribution is -0.0883. The zero-order valence-corrected chi connectivity index (χ0v) is 10.9. The molecule has 1 saturated heterocycles. The molecule has 98 valence electrons. The van der Waals surface area contributed by atoms with Crippen LogP contribution in [-0.2, 0) is 11.3 Å². The van der Waals surface area contributed by atoms with Gasteiger partial charge in [-0.2, -0.15) is 0 Å². The molecule has 0 aromatic carbocycles. The highest BCUT2D eigenvalue weighted by atomic mass is 16.5. The fourth-order valence-corrected chi connectivity index (χ4v) is 2.30. The molecule has 1 aromatic heterocycles. The van der Waals surface area contributed by atoms with Crippen molar-refractivity contribution in [3.63, 3.8) is 0 Å². The van der Waals surface area contributed by atoms with Gasteiger partial charge < -0.3 is 10.5 Å². The summed E-state index contributed by atoms with van der Waals surface area (Å²) in [6.45, 7) is 7.45. The third-order valence-corrected chi connectivity index (χ3v) is 3.05. The molecular weight excluding hydrogens is 228 g/mol. The van der Waals surface area contributed by atoms with E-state index in [2.05, 4.69) is 23.7 Å². The number of pyridine rings is 1. The van der Waals surface area contributed by atoms with E-state index in [0.29, 0.717) is 5.69 Å². The first-order valence-electron chi connectivity index (χ1n) is 6.12. The lowest BCUT2D eigenvalue weighted by Crippen LogP contribution is -2.47. The van der Waals surface area contributed by atoms with E-state index in [1.165, 1.54) is 0 Å². The van der Waals surface area contributed by atoms with E-state index < -0.39 is 0 Å². The number of nitrogens with one attached hydrogen (secondary N) is 1. The van der Waals surface area contributed by atoms with Gasteiger partial charge in [-0.1, -0.05) is 6.07 Å². The van der Waals surface area contributed by atoms with Gasteiger partial charge in [0.05, 0.1) is 12.2 Å². The third kappa shape index (κ3) is 3.05. The first-order valence-corrected chi connectivity index (χ1v) is 6.12. The summed E-state index contributed by atoms with van der Waals surface area (Å²) in [5.41, 5.74) is 7.02. The van der Waals surface area contributed by atoms with Crippen LogP contribution >= 0.6 is 0 Å². The molecule has 1 aromatic rings. The van der Waals surface area contributed by atoms with Crippen LogP contribution in [0.25, 0.3) is 0 Å². The minimum Gasteiger partial charge on any atom is -0.382 e. The van der Waals surface area contributed by atoms with Gasteiger partial charge in [0.15, 0.2) is 0 Å². The van der Waals surface area contributed by atoms with Gasteiger partial charge in [-0.05, 0) is 25.5 Å². The molecule has 0 saturated carbocycles. The lowest BCUT2D eigenvalue weighted by atomic mass is 10.1. The summed E-state index contributed by atoms with van der Waals surface area (Å²) in [6.07, 6.45) is 1.67. The molecule has 0 unspecified atom stereocenters. The summed E-state index contributed by atoms with van der Waals surface area (Å²) in [6, 6.07) is 3.86. The van der Waals surface area contributed by atoms with Crippen LogP contribution in [0.2, 0.25) is 0 Å². The lowest BCUT2D eigenvalue weighted by Gasteiger charge is -2.38. The Morgan fingerprint density at radius 2 is 2.39 bits per heavy atom. The van der Waals surface area contributed by atoms with Crippen molar-refractivity contribution in [3.05, 3.63) is 29.6 Å². The Labute approximate surface area is 107 Å². The predicted molar refractivity (Wildman–Crippen MR) is 70.6 cm³/mol. The molecular formula is C13H20N4O. The first kappa shape index (κ1) is 13.0. The molecule has 0 spiro atoms. The van der Waals surface area contributed by atoms with Crippen LogP contribution in [0.15, 0.2) is 18.3 Å². The second-order valence-corrected chi connectivity index (χ2v) is 5.24. The maximum Gasteiger partial charge on any atom is 0.142 e. The van der Waals surface area contributed by atoms with E-state index >= 15 is 0 Å². The van der Waals surface area contributed by atoms with Gasteiger partial charge in [-0.3, -0.25) is 15.3 Å². The molecule has 3 N–H and O–H groups in total. The molecule has 0 radical (unpaired) electrons. The third-order valence-electron chi connectivity index (χ3n) is 3.05. The van der Waals surface area contributed by atoms with Crippen LogP contribution in [-0.4, -0.2) is 41.0 Å². The van der Waals surface area contributed by atoms with Gasteiger partial charge in [0.2, 0.25) is 0 Å². The summed E-state index contributed by atoms with van der Waals surface area (Å²) >= 11 is 0. The smallest absolute Gasteiger partial charge is 0.142 e. The van der Waals surface area contributed by atoms with Crippen LogP contribution in [0, 0.1) is 5.41 Å². The molecule has 0 bridgehead atoms.